The molecule has 6 nitrogen and oxygen atoms in total. The molecule has 84 valence electrons. The quantitative estimate of drug-likeness (QED) is 0.573. The van der Waals surface area contributed by atoms with Gasteiger partial charge in [-0.3, -0.25) is 10.1 Å². The molecule has 0 atom stereocenters. The van der Waals surface area contributed by atoms with Gasteiger partial charge in [-0.15, -0.1) is 13.2 Å². The number of ether oxygens (including phenoxy) is 1. The lowest BCUT2D eigenvalue weighted by atomic mass is 10.2. The largest absolute Gasteiger partial charge is 0.574 e. The molecule has 9 heteroatoms. The van der Waals surface area contributed by atoms with Gasteiger partial charge in [0, 0.05) is 12.3 Å². The zero-order valence-electron chi connectivity index (χ0n) is 7.35. The number of aromatic nitrogens is 1. The van der Waals surface area contributed by atoms with Gasteiger partial charge < -0.3 is 4.74 Å². The maximum absolute atomic E-state index is 11.8. The molecule has 0 aliphatic heterocycles. The van der Waals surface area contributed by atoms with Crippen molar-refractivity contribution in [2.45, 2.75) is 6.36 Å². The predicted octanol–water partition coefficient (Wildman–Crippen LogP) is 1.76. The zero-order valence-corrected chi connectivity index (χ0v) is 7.35. The Morgan fingerprint density at radius 1 is 1.56 bits per heavy atom. The first-order valence-corrected chi connectivity index (χ1v) is 3.64. The van der Waals surface area contributed by atoms with Crippen molar-refractivity contribution in [2.24, 2.45) is 0 Å². The lowest BCUT2D eigenvalue weighted by Crippen LogP contribution is -2.19. The van der Waals surface area contributed by atoms with E-state index < -0.39 is 28.4 Å². The Morgan fingerprint density at radius 2 is 2.19 bits per heavy atom. The van der Waals surface area contributed by atoms with Crippen LogP contribution in [0.4, 0.5) is 18.9 Å². The molecule has 16 heavy (non-hydrogen) atoms. The maximum atomic E-state index is 11.8. The van der Waals surface area contributed by atoms with Crippen LogP contribution in [0.1, 0.15) is 5.56 Å². The van der Waals surface area contributed by atoms with Gasteiger partial charge in [0.15, 0.2) is 5.56 Å². The summed E-state index contributed by atoms with van der Waals surface area (Å²) >= 11 is 0. The van der Waals surface area contributed by atoms with Crippen LogP contribution < -0.4 is 4.74 Å². The molecule has 0 spiro atoms. The normalized spacial score (nSPS) is 10.6. The molecule has 0 saturated carbocycles. The van der Waals surface area contributed by atoms with Gasteiger partial charge in [-0.2, -0.15) is 5.26 Å². The fourth-order valence-corrected chi connectivity index (χ4v) is 0.877. The van der Waals surface area contributed by atoms with Crippen LogP contribution in [0.15, 0.2) is 12.3 Å². The lowest BCUT2D eigenvalue weighted by molar-refractivity contribution is -0.385. The summed E-state index contributed by atoms with van der Waals surface area (Å²) in [5, 5.41) is 18.9. The maximum Gasteiger partial charge on any atom is 0.574 e. The summed E-state index contributed by atoms with van der Waals surface area (Å²) in [5.74, 6) is -1.14. The van der Waals surface area contributed by atoms with Crippen LogP contribution in [0, 0.1) is 21.4 Å². The van der Waals surface area contributed by atoms with Gasteiger partial charge in [0.25, 0.3) is 5.69 Å². The van der Waals surface area contributed by atoms with Crippen molar-refractivity contribution in [1.29, 1.82) is 5.26 Å². The minimum atomic E-state index is -5.06. The minimum Gasteiger partial charge on any atom is -0.386 e. The molecule has 0 aromatic carbocycles. The number of hydrogen-bond acceptors (Lipinski definition) is 5. The van der Waals surface area contributed by atoms with E-state index in [-0.39, 0.29) is 0 Å². The van der Waals surface area contributed by atoms with E-state index in [0.29, 0.717) is 0 Å². The molecular formula is C7H2F3N3O3. The van der Waals surface area contributed by atoms with Crippen molar-refractivity contribution >= 4 is 5.69 Å². The van der Waals surface area contributed by atoms with Gasteiger partial charge >= 0.3 is 6.36 Å². The van der Waals surface area contributed by atoms with Gasteiger partial charge in [0.1, 0.15) is 6.07 Å². The van der Waals surface area contributed by atoms with Crippen LogP contribution in [-0.4, -0.2) is 16.3 Å². The molecule has 0 N–H and O–H groups in total. The number of nitrogens with zero attached hydrogens (tertiary/aromatic N) is 3. The molecule has 0 amide bonds. The summed E-state index contributed by atoms with van der Waals surface area (Å²) in [7, 11) is 0. The summed E-state index contributed by atoms with van der Waals surface area (Å²) in [5.41, 5.74) is -1.67. The number of rotatable bonds is 2. The Hall–Kier alpha value is -2.37. The molecule has 1 aromatic heterocycles. The van der Waals surface area contributed by atoms with Crippen molar-refractivity contribution in [3.63, 3.8) is 0 Å². The summed E-state index contributed by atoms with van der Waals surface area (Å²) in [6.45, 7) is 0. The van der Waals surface area contributed by atoms with Crippen LogP contribution >= 0.6 is 0 Å². The van der Waals surface area contributed by atoms with Crippen molar-refractivity contribution in [3.05, 3.63) is 27.9 Å². The smallest absolute Gasteiger partial charge is 0.386 e. The SMILES string of the molecule is N#Cc1c([N+](=O)[O-])ccnc1OC(F)(F)F. The lowest BCUT2D eigenvalue weighted by Gasteiger charge is -2.08. The molecule has 1 aromatic rings. The fraction of sp³-hybridized carbons (Fsp3) is 0.143. The molecule has 0 fully saturated rings. The van der Waals surface area contributed by atoms with Gasteiger partial charge in [-0.25, -0.2) is 4.98 Å². The van der Waals surface area contributed by atoms with Crippen molar-refractivity contribution in [1.82, 2.24) is 4.98 Å². The predicted molar refractivity (Wildman–Crippen MR) is 42.3 cm³/mol. The highest BCUT2D eigenvalue weighted by Gasteiger charge is 2.34. The van der Waals surface area contributed by atoms with E-state index >= 15 is 0 Å². The molecule has 0 aliphatic carbocycles. The van der Waals surface area contributed by atoms with Gasteiger partial charge in [-0.1, -0.05) is 0 Å². The highest BCUT2D eigenvalue weighted by atomic mass is 19.4. The van der Waals surface area contributed by atoms with E-state index in [4.69, 9.17) is 5.26 Å². The molecule has 0 radical (unpaired) electrons. The second-order valence-electron chi connectivity index (χ2n) is 2.43. The Balaban J connectivity index is 3.26. The summed E-state index contributed by atoms with van der Waals surface area (Å²) in [6, 6.07) is 2.05. The molecular weight excluding hydrogens is 231 g/mol. The first kappa shape index (κ1) is 11.7. The number of nitriles is 1. The molecule has 0 saturated heterocycles. The van der Waals surface area contributed by atoms with E-state index in [1.165, 1.54) is 6.07 Å². The first-order chi connectivity index (χ1) is 7.35. The summed E-state index contributed by atoms with van der Waals surface area (Å²) in [6.07, 6.45) is -4.31. The fourth-order valence-electron chi connectivity index (χ4n) is 0.877. The standard InChI is InChI=1S/C7H2F3N3O3/c8-7(9,10)16-6-4(3-11)5(13(14)15)1-2-12-6/h1-2H. The summed E-state index contributed by atoms with van der Waals surface area (Å²) < 4.78 is 38.9. The van der Waals surface area contributed by atoms with E-state index in [2.05, 4.69) is 9.72 Å². The van der Waals surface area contributed by atoms with Gasteiger partial charge in [-0.05, 0) is 0 Å². The number of halogens is 3. The van der Waals surface area contributed by atoms with E-state index in [1.54, 1.807) is 0 Å². The first-order valence-electron chi connectivity index (χ1n) is 3.64. The third-order valence-corrected chi connectivity index (χ3v) is 1.42. The highest BCUT2D eigenvalue weighted by Crippen LogP contribution is 2.29. The van der Waals surface area contributed by atoms with Crippen LogP contribution in [0.3, 0.4) is 0 Å². The van der Waals surface area contributed by atoms with Crippen LogP contribution in [0.5, 0.6) is 5.88 Å². The van der Waals surface area contributed by atoms with E-state index in [9.17, 15) is 23.3 Å². The number of hydrogen-bond donors (Lipinski definition) is 0. The Kier molecular flexibility index (Phi) is 2.94. The number of pyridine rings is 1. The van der Waals surface area contributed by atoms with E-state index in [1.807, 2.05) is 0 Å². The van der Waals surface area contributed by atoms with Crippen LogP contribution in [0.25, 0.3) is 0 Å². The van der Waals surface area contributed by atoms with Crippen molar-refractivity contribution < 1.29 is 22.8 Å². The monoisotopic (exact) mass is 233 g/mol. The minimum absolute atomic E-state index is 0.750. The Labute approximate surface area is 86.0 Å². The van der Waals surface area contributed by atoms with Crippen LogP contribution in [-0.2, 0) is 0 Å². The van der Waals surface area contributed by atoms with Gasteiger partial charge in [0.2, 0.25) is 5.88 Å². The third-order valence-electron chi connectivity index (χ3n) is 1.42. The topological polar surface area (TPSA) is 89.0 Å². The number of nitro groups is 1. The third kappa shape index (κ3) is 2.57. The highest BCUT2D eigenvalue weighted by molar-refractivity contribution is 5.53. The second kappa shape index (κ2) is 4.01. The van der Waals surface area contributed by atoms with Crippen molar-refractivity contribution in [3.8, 4) is 11.9 Å². The number of alkyl halides is 3. The molecule has 0 unspecified atom stereocenters. The summed E-state index contributed by atoms with van der Waals surface area (Å²) in [4.78, 5) is 12.5. The Bertz CT molecular complexity index is 466. The average Bonchev–Trinajstić information content (AvgIpc) is 2.14. The zero-order chi connectivity index (χ0) is 12.3. The Morgan fingerprint density at radius 3 is 2.62 bits per heavy atom. The van der Waals surface area contributed by atoms with Gasteiger partial charge in [0.05, 0.1) is 4.92 Å². The molecule has 1 rings (SSSR count). The van der Waals surface area contributed by atoms with Crippen molar-refractivity contribution in [2.75, 3.05) is 0 Å². The average molecular weight is 233 g/mol. The molecule has 0 aliphatic rings. The second-order valence-corrected chi connectivity index (χ2v) is 2.43. The molecule has 1 heterocycles. The van der Waals surface area contributed by atoms with Crippen LogP contribution in [0.2, 0.25) is 0 Å². The molecule has 0 bridgehead atoms. The van der Waals surface area contributed by atoms with E-state index in [0.717, 1.165) is 12.3 Å².